The number of carboxylic acids is 1. The highest BCUT2D eigenvalue weighted by atomic mass is 16.4. The van der Waals surface area contributed by atoms with Gasteiger partial charge < -0.3 is 10.1 Å². The molecule has 0 spiro atoms. The van der Waals surface area contributed by atoms with Crippen molar-refractivity contribution in [1.29, 1.82) is 0 Å². The number of H-pyrrole nitrogens is 1. The number of carbonyl (C=O) groups is 1. The van der Waals surface area contributed by atoms with Crippen LogP contribution in [0.5, 0.6) is 0 Å². The summed E-state index contributed by atoms with van der Waals surface area (Å²) in [6, 6.07) is 0. The summed E-state index contributed by atoms with van der Waals surface area (Å²) >= 11 is 0. The molecule has 0 saturated heterocycles. The average Bonchev–Trinajstić information content (AvgIpc) is 2.29. The number of fused-ring (bicyclic) bond motifs is 1. The van der Waals surface area contributed by atoms with Crippen LogP contribution in [-0.2, 0) is 19.3 Å². The van der Waals surface area contributed by atoms with E-state index in [1.807, 2.05) is 6.92 Å². The summed E-state index contributed by atoms with van der Waals surface area (Å²) in [6.45, 7) is 1.99. The van der Waals surface area contributed by atoms with E-state index in [4.69, 9.17) is 0 Å². The number of hydrogen-bond acceptors (Lipinski definition) is 2. The molecule has 98 valence electrons. The third kappa shape index (κ3) is 2.33. The molecule has 0 atom stereocenters. The molecule has 4 heteroatoms. The van der Waals surface area contributed by atoms with Gasteiger partial charge in [-0.05, 0) is 43.2 Å². The molecule has 0 aromatic carbocycles. The lowest BCUT2D eigenvalue weighted by molar-refractivity contribution is 0.0693. The van der Waals surface area contributed by atoms with Gasteiger partial charge in [-0.2, -0.15) is 0 Å². The Hall–Kier alpha value is -1.58. The maximum atomic E-state index is 11.9. The standard InChI is InChI=1S/C14H19NO3/c1-2-11-9-7-5-3-4-6-8-10(9)12(14(17)18)13(16)15-11/h2-8H2,1H3,(H,15,16)(H,17,18). The van der Waals surface area contributed by atoms with Crippen molar-refractivity contribution in [1.82, 2.24) is 4.98 Å². The number of pyridine rings is 1. The van der Waals surface area contributed by atoms with Gasteiger partial charge in [0.2, 0.25) is 0 Å². The molecule has 0 amide bonds. The predicted molar refractivity (Wildman–Crippen MR) is 69.3 cm³/mol. The van der Waals surface area contributed by atoms with E-state index in [9.17, 15) is 14.7 Å². The fraction of sp³-hybridized carbons (Fsp3) is 0.571. The van der Waals surface area contributed by atoms with Crippen LogP contribution in [0.1, 0.15) is 59.8 Å². The van der Waals surface area contributed by atoms with Crippen molar-refractivity contribution in [3.05, 3.63) is 32.7 Å². The summed E-state index contributed by atoms with van der Waals surface area (Å²) in [7, 11) is 0. The Morgan fingerprint density at radius 1 is 1.17 bits per heavy atom. The fourth-order valence-corrected chi connectivity index (χ4v) is 2.81. The number of carboxylic acid groups (broad SMARTS) is 1. The summed E-state index contributed by atoms with van der Waals surface area (Å²) in [6.07, 6.45) is 6.70. The molecule has 0 saturated carbocycles. The third-order valence-corrected chi connectivity index (χ3v) is 3.69. The molecular formula is C14H19NO3. The fourth-order valence-electron chi connectivity index (χ4n) is 2.81. The maximum absolute atomic E-state index is 11.9. The molecule has 0 fully saturated rings. The first-order valence-electron chi connectivity index (χ1n) is 6.65. The molecule has 0 bridgehead atoms. The van der Waals surface area contributed by atoms with Crippen LogP contribution in [0.2, 0.25) is 0 Å². The van der Waals surface area contributed by atoms with Crippen LogP contribution in [0.25, 0.3) is 0 Å². The van der Waals surface area contributed by atoms with Crippen molar-refractivity contribution in [2.75, 3.05) is 0 Å². The van der Waals surface area contributed by atoms with Gasteiger partial charge in [0, 0.05) is 5.69 Å². The number of aromatic carboxylic acids is 1. The number of aromatic nitrogens is 1. The maximum Gasteiger partial charge on any atom is 0.341 e. The van der Waals surface area contributed by atoms with Crippen LogP contribution in [-0.4, -0.2) is 16.1 Å². The minimum absolute atomic E-state index is 0.0379. The Morgan fingerprint density at radius 3 is 2.33 bits per heavy atom. The third-order valence-electron chi connectivity index (χ3n) is 3.69. The van der Waals surface area contributed by atoms with Gasteiger partial charge in [0.15, 0.2) is 0 Å². The smallest absolute Gasteiger partial charge is 0.341 e. The normalized spacial score (nSPS) is 15.6. The molecule has 1 aliphatic rings. The number of aromatic amines is 1. The van der Waals surface area contributed by atoms with Gasteiger partial charge in [0.25, 0.3) is 5.56 Å². The van der Waals surface area contributed by atoms with E-state index in [0.29, 0.717) is 6.42 Å². The minimum atomic E-state index is -1.10. The van der Waals surface area contributed by atoms with E-state index < -0.39 is 11.5 Å². The monoisotopic (exact) mass is 249 g/mol. The van der Waals surface area contributed by atoms with Crippen LogP contribution in [0.15, 0.2) is 4.79 Å². The Morgan fingerprint density at radius 2 is 1.78 bits per heavy atom. The zero-order valence-corrected chi connectivity index (χ0v) is 10.7. The first kappa shape index (κ1) is 12.9. The first-order valence-corrected chi connectivity index (χ1v) is 6.65. The zero-order valence-electron chi connectivity index (χ0n) is 10.7. The molecule has 18 heavy (non-hydrogen) atoms. The second kappa shape index (κ2) is 5.38. The lowest BCUT2D eigenvalue weighted by Gasteiger charge is -2.18. The molecule has 2 N–H and O–H groups in total. The quantitative estimate of drug-likeness (QED) is 0.844. The summed E-state index contributed by atoms with van der Waals surface area (Å²) < 4.78 is 0. The molecule has 0 unspecified atom stereocenters. The Bertz CT molecular complexity index is 517. The van der Waals surface area contributed by atoms with E-state index in [0.717, 1.165) is 48.9 Å². The lowest BCUT2D eigenvalue weighted by atomic mass is 9.89. The van der Waals surface area contributed by atoms with E-state index in [2.05, 4.69) is 4.98 Å². The van der Waals surface area contributed by atoms with Crippen molar-refractivity contribution >= 4 is 5.97 Å². The van der Waals surface area contributed by atoms with E-state index >= 15 is 0 Å². The van der Waals surface area contributed by atoms with Gasteiger partial charge in [0.1, 0.15) is 5.56 Å². The number of rotatable bonds is 2. The highest BCUT2D eigenvalue weighted by Gasteiger charge is 2.21. The Labute approximate surface area is 106 Å². The highest BCUT2D eigenvalue weighted by Crippen LogP contribution is 2.24. The molecule has 4 nitrogen and oxygen atoms in total. The summed E-state index contributed by atoms with van der Waals surface area (Å²) in [5, 5.41) is 9.23. The van der Waals surface area contributed by atoms with Crippen molar-refractivity contribution < 1.29 is 9.90 Å². The molecule has 1 aromatic heterocycles. The van der Waals surface area contributed by atoms with Crippen molar-refractivity contribution in [2.24, 2.45) is 0 Å². The molecule has 1 heterocycles. The molecule has 0 aliphatic heterocycles. The highest BCUT2D eigenvalue weighted by molar-refractivity contribution is 5.89. The lowest BCUT2D eigenvalue weighted by Crippen LogP contribution is -2.25. The van der Waals surface area contributed by atoms with Gasteiger partial charge >= 0.3 is 5.97 Å². The summed E-state index contributed by atoms with van der Waals surface area (Å²) in [5.41, 5.74) is 2.29. The van der Waals surface area contributed by atoms with E-state index in [1.165, 1.54) is 6.42 Å². The Kier molecular flexibility index (Phi) is 3.84. The second-order valence-electron chi connectivity index (χ2n) is 4.84. The topological polar surface area (TPSA) is 70.2 Å². The summed E-state index contributed by atoms with van der Waals surface area (Å²) in [5.74, 6) is -1.10. The molecule has 0 radical (unpaired) electrons. The van der Waals surface area contributed by atoms with Gasteiger partial charge in [-0.3, -0.25) is 4.79 Å². The van der Waals surface area contributed by atoms with Crippen LogP contribution < -0.4 is 5.56 Å². The SMILES string of the molecule is CCc1[nH]c(=O)c(C(=O)O)c2c1CCCCCC2. The average molecular weight is 249 g/mol. The van der Waals surface area contributed by atoms with Gasteiger partial charge in [-0.1, -0.05) is 19.8 Å². The molecule has 1 aliphatic carbocycles. The van der Waals surface area contributed by atoms with Crippen LogP contribution in [0, 0.1) is 0 Å². The van der Waals surface area contributed by atoms with Crippen molar-refractivity contribution in [2.45, 2.75) is 51.9 Å². The van der Waals surface area contributed by atoms with Gasteiger partial charge in [-0.25, -0.2) is 4.79 Å². The van der Waals surface area contributed by atoms with Gasteiger partial charge in [-0.15, -0.1) is 0 Å². The van der Waals surface area contributed by atoms with Crippen LogP contribution in [0.4, 0.5) is 0 Å². The number of hydrogen-bond donors (Lipinski definition) is 2. The number of aryl methyl sites for hydroxylation is 1. The second-order valence-corrected chi connectivity index (χ2v) is 4.84. The van der Waals surface area contributed by atoms with Crippen molar-refractivity contribution in [3.8, 4) is 0 Å². The van der Waals surface area contributed by atoms with Crippen molar-refractivity contribution in [3.63, 3.8) is 0 Å². The number of nitrogens with one attached hydrogen (secondary N) is 1. The molecular weight excluding hydrogens is 230 g/mol. The molecule has 2 rings (SSSR count). The van der Waals surface area contributed by atoms with Crippen LogP contribution in [0.3, 0.4) is 0 Å². The van der Waals surface area contributed by atoms with E-state index in [1.54, 1.807) is 0 Å². The summed E-state index contributed by atoms with van der Waals surface area (Å²) in [4.78, 5) is 25.9. The van der Waals surface area contributed by atoms with Crippen LogP contribution >= 0.6 is 0 Å². The predicted octanol–water partition coefficient (Wildman–Crippen LogP) is 2.29. The largest absolute Gasteiger partial charge is 0.477 e. The Balaban J connectivity index is 2.65. The van der Waals surface area contributed by atoms with Gasteiger partial charge in [0.05, 0.1) is 0 Å². The first-order chi connectivity index (χ1) is 8.65. The zero-order chi connectivity index (χ0) is 13.1. The molecule has 1 aromatic rings. The van der Waals surface area contributed by atoms with E-state index in [-0.39, 0.29) is 5.56 Å². The minimum Gasteiger partial charge on any atom is -0.477 e.